The van der Waals surface area contributed by atoms with Gasteiger partial charge in [-0.3, -0.25) is 15.6 Å². The van der Waals surface area contributed by atoms with Crippen LogP contribution in [0.4, 0.5) is 10.2 Å². The van der Waals surface area contributed by atoms with Gasteiger partial charge in [-0.25, -0.2) is 14.4 Å². The fourth-order valence-electron chi connectivity index (χ4n) is 3.82. The minimum Gasteiger partial charge on any atom is -0.370 e. The van der Waals surface area contributed by atoms with Crippen LogP contribution in [0.15, 0.2) is 24.3 Å². The summed E-state index contributed by atoms with van der Waals surface area (Å²) in [6.45, 7) is 7.19. The monoisotopic (exact) mass is 398 g/mol. The second-order valence-electron chi connectivity index (χ2n) is 7.81. The molecule has 29 heavy (non-hydrogen) atoms. The second-order valence-corrected chi connectivity index (χ2v) is 7.81. The van der Waals surface area contributed by atoms with Crippen LogP contribution in [0.3, 0.4) is 0 Å². The predicted octanol–water partition coefficient (Wildman–Crippen LogP) is 2.35. The molecule has 0 bridgehead atoms. The summed E-state index contributed by atoms with van der Waals surface area (Å²) >= 11 is 0. The fraction of sp³-hybridized carbons (Fsp3) is 0.476. The Balaban J connectivity index is 1.47. The van der Waals surface area contributed by atoms with E-state index in [1.54, 1.807) is 11.0 Å². The quantitative estimate of drug-likeness (QED) is 0.693. The molecule has 0 spiro atoms. The number of hydrazine groups is 1. The van der Waals surface area contributed by atoms with E-state index in [4.69, 9.17) is 0 Å². The number of benzene rings is 1. The third-order valence-electron chi connectivity index (χ3n) is 5.85. The molecule has 154 valence electrons. The summed E-state index contributed by atoms with van der Waals surface area (Å²) < 4.78 is 13.6. The van der Waals surface area contributed by atoms with Crippen molar-refractivity contribution in [2.75, 3.05) is 31.5 Å². The Hall–Kier alpha value is -2.58. The number of carbonyl (C=O) groups excluding carboxylic acids is 1. The number of nitrogens with zero attached hydrogens (tertiary/aromatic N) is 3. The highest BCUT2D eigenvalue weighted by atomic mass is 19.1. The maximum atomic E-state index is 13.6. The van der Waals surface area contributed by atoms with Gasteiger partial charge in [0.15, 0.2) is 0 Å². The van der Waals surface area contributed by atoms with Gasteiger partial charge in [-0.1, -0.05) is 12.1 Å². The fourth-order valence-corrected chi connectivity index (χ4v) is 3.82. The summed E-state index contributed by atoms with van der Waals surface area (Å²) in [5.74, 6) is 0.993. The van der Waals surface area contributed by atoms with Crippen LogP contribution < -0.4 is 16.2 Å². The first-order valence-corrected chi connectivity index (χ1v) is 10.1. The zero-order valence-corrected chi connectivity index (χ0v) is 16.8. The molecule has 1 aromatic carbocycles. The van der Waals surface area contributed by atoms with Crippen molar-refractivity contribution in [1.82, 2.24) is 25.7 Å². The molecule has 2 aliphatic heterocycles. The molecule has 2 aliphatic rings. The SMILES string of the molecule is Cc1nc(C(=O)N2CCC2c2cccc(F)c2)nc(NCCC2CNNC2)c1C. The van der Waals surface area contributed by atoms with Gasteiger partial charge in [-0.05, 0) is 50.3 Å². The zero-order valence-electron chi connectivity index (χ0n) is 16.8. The number of anilines is 1. The number of rotatable bonds is 6. The third-order valence-corrected chi connectivity index (χ3v) is 5.85. The highest BCUT2D eigenvalue weighted by Gasteiger charge is 2.35. The van der Waals surface area contributed by atoms with Gasteiger partial charge in [-0.15, -0.1) is 0 Å². The van der Waals surface area contributed by atoms with Crippen LogP contribution in [-0.2, 0) is 0 Å². The molecular formula is C21H27FN6O. The van der Waals surface area contributed by atoms with Crippen LogP contribution in [0.25, 0.3) is 0 Å². The molecule has 0 saturated carbocycles. The third kappa shape index (κ3) is 4.23. The van der Waals surface area contributed by atoms with Gasteiger partial charge < -0.3 is 10.2 Å². The standard InChI is InChI=1S/C21H27FN6O/c1-13-14(2)26-20(27-19(13)23-8-6-15-11-24-25-12-15)21(29)28-9-7-18(28)16-4-3-5-17(22)10-16/h3-5,10,15,18,24-25H,6-9,11-12H2,1-2H3,(H,23,26,27). The van der Waals surface area contributed by atoms with Gasteiger partial charge >= 0.3 is 0 Å². The van der Waals surface area contributed by atoms with Crippen molar-refractivity contribution >= 4 is 11.7 Å². The first-order chi connectivity index (χ1) is 14.0. The van der Waals surface area contributed by atoms with E-state index in [1.165, 1.54) is 12.1 Å². The number of aryl methyl sites for hydroxylation is 1. The average molecular weight is 398 g/mol. The molecule has 2 fully saturated rings. The van der Waals surface area contributed by atoms with E-state index < -0.39 is 0 Å². The van der Waals surface area contributed by atoms with Crippen molar-refractivity contribution in [2.45, 2.75) is 32.7 Å². The number of likely N-dealkylation sites (tertiary alicyclic amines) is 1. The Kier molecular flexibility index (Phi) is 5.73. The molecule has 7 nitrogen and oxygen atoms in total. The molecule has 8 heteroatoms. The Morgan fingerprint density at radius 1 is 1.28 bits per heavy atom. The minimum atomic E-state index is -0.289. The van der Waals surface area contributed by atoms with Crippen molar-refractivity contribution in [3.63, 3.8) is 0 Å². The topological polar surface area (TPSA) is 82.2 Å². The van der Waals surface area contributed by atoms with Crippen molar-refractivity contribution in [2.24, 2.45) is 5.92 Å². The Morgan fingerprint density at radius 3 is 2.76 bits per heavy atom. The molecule has 2 saturated heterocycles. The summed E-state index contributed by atoms with van der Waals surface area (Å²) in [4.78, 5) is 23.7. The van der Waals surface area contributed by atoms with E-state index >= 15 is 0 Å². The minimum absolute atomic E-state index is 0.123. The van der Waals surface area contributed by atoms with E-state index in [0.717, 1.165) is 49.3 Å². The first kappa shape index (κ1) is 19.7. The summed E-state index contributed by atoms with van der Waals surface area (Å²) in [5.41, 5.74) is 8.82. The molecule has 3 N–H and O–H groups in total. The van der Waals surface area contributed by atoms with Crippen molar-refractivity contribution in [1.29, 1.82) is 0 Å². The lowest BCUT2D eigenvalue weighted by Crippen LogP contribution is -2.45. The molecule has 2 aromatic rings. The van der Waals surface area contributed by atoms with Gasteiger partial charge in [-0.2, -0.15) is 0 Å². The maximum Gasteiger partial charge on any atom is 0.292 e. The molecule has 0 radical (unpaired) electrons. The molecule has 3 heterocycles. The Bertz CT molecular complexity index is 899. The number of aromatic nitrogens is 2. The van der Waals surface area contributed by atoms with Gasteiger partial charge in [0.05, 0.1) is 6.04 Å². The molecule has 4 rings (SSSR count). The highest BCUT2D eigenvalue weighted by Crippen LogP contribution is 2.34. The number of hydrogen-bond acceptors (Lipinski definition) is 6. The van der Waals surface area contributed by atoms with Crippen LogP contribution in [0.2, 0.25) is 0 Å². The molecule has 1 aromatic heterocycles. The van der Waals surface area contributed by atoms with Crippen LogP contribution in [-0.4, -0.2) is 47.0 Å². The zero-order chi connectivity index (χ0) is 20.4. The molecule has 1 atom stereocenters. The van der Waals surface area contributed by atoms with E-state index in [1.807, 2.05) is 19.9 Å². The van der Waals surface area contributed by atoms with Crippen molar-refractivity contribution in [3.8, 4) is 0 Å². The predicted molar refractivity (Wildman–Crippen MR) is 109 cm³/mol. The normalized spacial score (nSPS) is 19.3. The number of nitrogens with one attached hydrogen (secondary N) is 3. The smallest absolute Gasteiger partial charge is 0.292 e. The van der Waals surface area contributed by atoms with Gasteiger partial charge in [0, 0.05) is 37.4 Å². The van der Waals surface area contributed by atoms with Crippen LogP contribution in [0, 0.1) is 25.6 Å². The summed E-state index contributed by atoms with van der Waals surface area (Å²) in [6, 6.07) is 6.31. The van der Waals surface area contributed by atoms with Crippen molar-refractivity contribution < 1.29 is 9.18 Å². The molecule has 1 amide bonds. The number of hydrogen-bond donors (Lipinski definition) is 3. The lowest BCUT2D eigenvalue weighted by atomic mass is 9.94. The summed E-state index contributed by atoms with van der Waals surface area (Å²) in [7, 11) is 0. The molecule has 0 aliphatic carbocycles. The van der Waals surface area contributed by atoms with E-state index in [-0.39, 0.29) is 23.6 Å². The molecular weight excluding hydrogens is 371 g/mol. The lowest BCUT2D eigenvalue weighted by Gasteiger charge is -2.41. The van der Waals surface area contributed by atoms with Crippen LogP contribution in [0.5, 0.6) is 0 Å². The van der Waals surface area contributed by atoms with Crippen LogP contribution >= 0.6 is 0 Å². The van der Waals surface area contributed by atoms with Crippen molar-refractivity contribution in [3.05, 3.63) is 52.7 Å². The lowest BCUT2D eigenvalue weighted by molar-refractivity contribution is 0.0446. The largest absolute Gasteiger partial charge is 0.370 e. The number of amides is 1. The first-order valence-electron chi connectivity index (χ1n) is 10.1. The highest BCUT2D eigenvalue weighted by molar-refractivity contribution is 5.92. The molecule has 1 unspecified atom stereocenters. The van der Waals surface area contributed by atoms with E-state index in [0.29, 0.717) is 18.3 Å². The summed E-state index contributed by atoms with van der Waals surface area (Å²) in [5, 5.41) is 3.37. The maximum absolute atomic E-state index is 13.6. The van der Waals surface area contributed by atoms with E-state index in [9.17, 15) is 9.18 Å². The summed E-state index contributed by atoms with van der Waals surface area (Å²) in [6.07, 6.45) is 1.83. The average Bonchev–Trinajstić information content (AvgIpc) is 3.17. The second kappa shape index (κ2) is 8.42. The van der Waals surface area contributed by atoms with Crippen LogP contribution in [0.1, 0.15) is 46.3 Å². The Labute approximate surface area is 170 Å². The Morgan fingerprint density at radius 2 is 2.07 bits per heavy atom. The number of carbonyl (C=O) groups is 1. The van der Waals surface area contributed by atoms with Gasteiger partial charge in [0.1, 0.15) is 11.6 Å². The van der Waals surface area contributed by atoms with Gasteiger partial charge in [0.25, 0.3) is 5.91 Å². The number of halogens is 1. The van der Waals surface area contributed by atoms with E-state index in [2.05, 4.69) is 26.1 Å². The van der Waals surface area contributed by atoms with Gasteiger partial charge in [0.2, 0.25) is 5.82 Å².